The molecule has 0 bridgehead atoms. The molecule has 0 unspecified atom stereocenters. The lowest BCUT2D eigenvalue weighted by molar-refractivity contribution is -0.137. The molecule has 0 saturated carbocycles. The third-order valence-corrected chi connectivity index (χ3v) is 4.50. The highest BCUT2D eigenvalue weighted by atomic mass is 19.4. The largest absolute Gasteiger partial charge is 0.494 e. The molecule has 0 radical (unpaired) electrons. The van der Waals surface area contributed by atoms with Gasteiger partial charge in [-0.3, -0.25) is 9.59 Å². The summed E-state index contributed by atoms with van der Waals surface area (Å²) in [6, 6.07) is 6.99. The van der Waals surface area contributed by atoms with Crippen molar-refractivity contribution >= 4 is 34.3 Å². The molecule has 10 heteroatoms. The van der Waals surface area contributed by atoms with Gasteiger partial charge < -0.3 is 16.2 Å². The number of fused-ring (bicyclic) bond motifs is 1. The normalized spacial score (nSPS) is 11.5. The molecule has 0 aliphatic carbocycles. The molecule has 156 valence electrons. The summed E-state index contributed by atoms with van der Waals surface area (Å²) in [6.07, 6.45) is -4.40. The van der Waals surface area contributed by atoms with Crippen molar-refractivity contribution in [2.24, 2.45) is 5.73 Å². The van der Waals surface area contributed by atoms with E-state index < -0.39 is 35.1 Å². The topological polar surface area (TPSA) is 114 Å². The molecular formula is C20H16F3N3O4. The van der Waals surface area contributed by atoms with Crippen LogP contribution < -0.4 is 11.1 Å². The molecule has 1 aromatic heterocycles. The molecule has 30 heavy (non-hydrogen) atoms. The number of carbonyl (C=O) groups is 3. The number of ketones is 1. The van der Waals surface area contributed by atoms with Crippen LogP contribution in [0.3, 0.4) is 0 Å². The zero-order chi connectivity index (χ0) is 22.2. The molecular weight excluding hydrogens is 403 g/mol. The first kappa shape index (κ1) is 20.9. The number of Topliss-reactive ketones (excluding diaryl/α,β-unsaturated/α-hetero) is 1. The number of aromatic nitrogens is 1. The molecule has 0 atom stereocenters. The molecule has 7 nitrogen and oxygen atoms in total. The van der Waals surface area contributed by atoms with Gasteiger partial charge in [0.1, 0.15) is 5.56 Å². The highest BCUT2D eigenvalue weighted by molar-refractivity contribution is 6.17. The maximum absolute atomic E-state index is 13.1. The predicted octanol–water partition coefficient (Wildman–Crippen LogP) is 4.14. The van der Waals surface area contributed by atoms with Crippen molar-refractivity contribution < 1.29 is 32.7 Å². The van der Waals surface area contributed by atoms with Gasteiger partial charge in [-0.2, -0.15) is 13.2 Å². The number of benzene rings is 2. The molecule has 2 aromatic carbocycles. The molecule has 3 rings (SSSR count). The standard InChI is InChI=1S/C20H16F3N3O4/c1-2-15(27)10-3-6-12(7-4-10)25-17(28)16-13-9-11(20(21,22)23)5-8-14(13)26(18(16)29)19(24)30/h3-9,29H,2H2,1H3,(H2,24,30)(H,25,28). The van der Waals surface area contributed by atoms with Gasteiger partial charge in [0.15, 0.2) is 5.78 Å². The van der Waals surface area contributed by atoms with E-state index in [1.54, 1.807) is 6.92 Å². The van der Waals surface area contributed by atoms with Crippen LogP contribution in [-0.4, -0.2) is 27.4 Å². The van der Waals surface area contributed by atoms with Gasteiger partial charge in [-0.1, -0.05) is 6.92 Å². The van der Waals surface area contributed by atoms with Gasteiger partial charge in [0, 0.05) is 23.1 Å². The molecule has 4 N–H and O–H groups in total. The minimum absolute atomic E-state index is 0.102. The Balaban J connectivity index is 2.07. The van der Waals surface area contributed by atoms with Gasteiger partial charge in [-0.05, 0) is 42.5 Å². The Kier molecular flexibility index (Phi) is 5.26. The van der Waals surface area contributed by atoms with Crippen LogP contribution >= 0.6 is 0 Å². The molecule has 2 amide bonds. The summed E-state index contributed by atoms with van der Waals surface area (Å²) in [4.78, 5) is 36.1. The monoisotopic (exact) mass is 419 g/mol. The summed E-state index contributed by atoms with van der Waals surface area (Å²) < 4.78 is 39.9. The fourth-order valence-corrected chi connectivity index (χ4v) is 3.04. The average molecular weight is 419 g/mol. The molecule has 0 aliphatic rings. The zero-order valence-corrected chi connectivity index (χ0v) is 15.6. The first-order valence-electron chi connectivity index (χ1n) is 8.73. The summed E-state index contributed by atoms with van der Waals surface area (Å²) >= 11 is 0. The van der Waals surface area contributed by atoms with Crippen molar-refractivity contribution in [1.29, 1.82) is 0 Å². The first-order chi connectivity index (χ1) is 14.0. The number of aromatic hydroxyl groups is 1. The van der Waals surface area contributed by atoms with E-state index in [0.717, 1.165) is 6.07 Å². The summed E-state index contributed by atoms with van der Waals surface area (Å²) in [5.74, 6) is -1.94. The van der Waals surface area contributed by atoms with E-state index in [-0.39, 0.29) is 22.4 Å². The second-order valence-corrected chi connectivity index (χ2v) is 6.41. The smallest absolute Gasteiger partial charge is 0.416 e. The lowest BCUT2D eigenvalue weighted by Gasteiger charge is -2.08. The van der Waals surface area contributed by atoms with Crippen molar-refractivity contribution in [2.75, 3.05) is 5.32 Å². The average Bonchev–Trinajstić information content (AvgIpc) is 2.98. The van der Waals surface area contributed by atoms with Crippen LogP contribution in [0.2, 0.25) is 0 Å². The Bertz CT molecular complexity index is 1160. The van der Waals surface area contributed by atoms with Gasteiger partial charge in [-0.15, -0.1) is 0 Å². The molecule has 0 fully saturated rings. The van der Waals surface area contributed by atoms with Gasteiger partial charge in [0.25, 0.3) is 5.91 Å². The number of nitrogens with two attached hydrogens (primary N) is 1. The van der Waals surface area contributed by atoms with E-state index in [0.29, 0.717) is 28.7 Å². The number of amides is 2. The number of hydrogen-bond acceptors (Lipinski definition) is 4. The van der Waals surface area contributed by atoms with Gasteiger partial charge >= 0.3 is 12.2 Å². The van der Waals surface area contributed by atoms with Crippen LogP contribution in [0, 0.1) is 0 Å². The number of alkyl halides is 3. The van der Waals surface area contributed by atoms with E-state index in [1.807, 2.05) is 0 Å². The molecule has 1 heterocycles. The maximum Gasteiger partial charge on any atom is 0.416 e. The first-order valence-corrected chi connectivity index (χ1v) is 8.73. The number of nitrogens with zero attached hydrogens (tertiary/aromatic N) is 1. The second-order valence-electron chi connectivity index (χ2n) is 6.41. The molecule has 3 aromatic rings. The lowest BCUT2D eigenvalue weighted by atomic mass is 10.1. The van der Waals surface area contributed by atoms with Gasteiger partial charge in [0.05, 0.1) is 11.1 Å². The highest BCUT2D eigenvalue weighted by Gasteiger charge is 2.33. The number of hydrogen-bond donors (Lipinski definition) is 3. The summed E-state index contributed by atoms with van der Waals surface area (Å²) in [6.45, 7) is 1.70. The second kappa shape index (κ2) is 7.54. The fraction of sp³-hybridized carbons (Fsp3) is 0.150. The van der Waals surface area contributed by atoms with Crippen LogP contribution in [0.5, 0.6) is 5.88 Å². The van der Waals surface area contributed by atoms with Crippen LogP contribution in [0.25, 0.3) is 10.9 Å². The highest BCUT2D eigenvalue weighted by Crippen LogP contribution is 2.37. The van der Waals surface area contributed by atoms with E-state index in [9.17, 15) is 32.7 Å². The number of halogens is 3. The van der Waals surface area contributed by atoms with E-state index in [2.05, 4.69) is 5.32 Å². The zero-order valence-electron chi connectivity index (χ0n) is 15.6. The van der Waals surface area contributed by atoms with Gasteiger partial charge in [0.2, 0.25) is 5.88 Å². The Morgan fingerprint density at radius 3 is 2.27 bits per heavy atom. The van der Waals surface area contributed by atoms with Crippen LogP contribution in [0.1, 0.15) is 39.6 Å². The van der Waals surface area contributed by atoms with Crippen molar-refractivity contribution in [2.45, 2.75) is 19.5 Å². The Morgan fingerprint density at radius 2 is 1.73 bits per heavy atom. The maximum atomic E-state index is 13.1. The molecule has 0 aliphatic heterocycles. The van der Waals surface area contributed by atoms with Crippen molar-refractivity contribution in [3.05, 3.63) is 59.2 Å². The number of rotatable bonds is 4. The fourth-order valence-electron chi connectivity index (χ4n) is 3.04. The predicted molar refractivity (Wildman–Crippen MR) is 103 cm³/mol. The van der Waals surface area contributed by atoms with E-state index in [1.165, 1.54) is 24.3 Å². The van der Waals surface area contributed by atoms with Crippen molar-refractivity contribution in [3.63, 3.8) is 0 Å². The van der Waals surface area contributed by atoms with Gasteiger partial charge in [-0.25, -0.2) is 9.36 Å². The van der Waals surface area contributed by atoms with Crippen LogP contribution in [0.15, 0.2) is 42.5 Å². The van der Waals surface area contributed by atoms with Crippen LogP contribution in [-0.2, 0) is 6.18 Å². The minimum Gasteiger partial charge on any atom is -0.494 e. The van der Waals surface area contributed by atoms with Crippen molar-refractivity contribution in [3.8, 4) is 5.88 Å². The summed E-state index contributed by atoms with van der Waals surface area (Å²) in [5, 5.41) is 12.5. The minimum atomic E-state index is -4.70. The molecule has 0 saturated heterocycles. The van der Waals surface area contributed by atoms with E-state index in [4.69, 9.17) is 5.73 Å². The van der Waals surface area contributed by atoms with E-state index >= 15 is 0 Å². The Hall–Kier alpha value is -3.82. The SMILES string of the molecule is CCC(=O)c1ccc(NC(=O)c2c(O)n(C(N)=O)c3ccc(C(F)(F)F)cc23)cc1. The van der Waals surface area contributed by atoms with Crippen molar-refractivity contribution in [1.82, 2.24) is 4.57 Å². The third-order valence-electron chi connectivity index (χ3n) is 4.50. The Labute approximate surface area is 167 Å². The third kappa shape index (κ3) is 3.71. The quantitative estimate of drug-likeness (QED) is 0.552. The lowest BCUT2D eigenvalue weighted by Crippen LogP contribution is -2.19. The number of carbonyl (C=O) groups excluding carboxylic acids is 3. The number of primary amides is 1. The summed E-state index contributed by atoms with van der Waals surface area (Å²) in [7, 11) is 0. The number of nitrogens with one attached hydrogen (secondary N) is 1. The number of anilines is 1. The van der Waals surface area contributed by atoms with Crippen LogP contribution in [0.4, 0.5) is 23.7 Å². The molecule has 0 spiro atoms. The summed E-state index contributed by atoms with van der Waals surface area (Å²) in [5.41, 5.74) is 4.12. The Morgan fingerprint density at radius 1 is 1.10 bits per heavy atom.